The van der Waals surface area contributed by atoms with Crippen LogP contribution >= 0.6 is 0 Å². The number of benzene rings is 1. The van der Waals surface area contributed by atoms with Crippen molar-refractivity contribution in [3.05, 3.63) is 53.6 Å². The number of amides is 1. The fourth-order valence-electron chi connectivity index (χ4n) is 3.93. The molecule has 5 rings (SSSR count). The van der Waals surface area contributed by atoms with E-state index in [0.29, 0.717) is 18.7 Å². The molecule has 7 heteroatoms. The Hall–Kier alpha value is -2.93. The molecule has 2 aliphatic heterocycles. The lowest BCUT2D eigenvalue weighted by molar-refractivity contribution is 0.0732. The van der Waals surface area contributed by atoms with Gasteiger partial charge in [-0.25, -0.2) is 9.97 Å². The number of rotatable bonds is 2. The highest BCUT2D eigenvalue weighted by molar-refractivity contribution is 5.98. The van der Waals surface area contributed by atoms with Gasteiger partial charge in [-0.1, -0.05) is 0 Å². The topological polar surface area (TPSA) is 74.4 Å². The average Bonchev–Trinajstić information content (AvgIpc) is 3.21. The molecular formula is C20H21N5O2. The Morgan fingerprint density at radius 2 is 2.00 bits per heavy atom. The number of carbonyl (C=O) groups is 1. The highest BCUT2D eigenvalue weighted by Gasteiger charge is 2.27. The van der Waals surface area contributed by atoms with Crippen molar-refractivity contribution in [3.63, 3.8) is 0 Å². The number of hydrogen-bond donors (Lipinski definition) is 1. The second-order valence-corrected chi connectivity index (χ2v) is 6.98. The van der Waals surface area contributed by atoms with Crippen molar-refractivity contribution in [2.45, 2.75) is 13.0 Å². The van der Waals surface area contributed by atoms with Gasteiger partial charge in [0.25, 0.3) is 5.91 Å². The molecule has 1 fully saturated rings. The Balaban J connectivity index is 1.39. The molecule has 0 unspecified atom stereocenters. The van der Waals surface area contributed by atoms with Crippen LogP contribution in [0.2, 0.25) is 0 Å². The molecule has 0 saturated carbocycles. The number of hydrogen-bond acceptors (Lipinski definition) is 5. The van der Waals surface area contributed by atoms with Gasteiger partial charge in [-0.3, -0.25) is 4.79 Å². The minimum atomic E-state index is 0.0512. The highest BCUT2D eigenvalue weighted by atomic mass is 16.5. The van der Waals surface area contributed by atoms with Gasteiger partial charge in [0.05, 0.1) is 25.5 Å². The average molecular weight is 363 g/mol. The zero-order valence-corrected chi connectivity index (χ0v) is 15.0. The minimum absolute atomic E-state index is 0.0512. The number of morpholine rings is 1. The molecular weight excluding hydrogens is 342 g/mol. The Bertz CT molecular complexity index is 993. The van der Waals surface area contributed by atoms with Crippen LogP contribution in [0.4, 0.5) is 5.82 Å². The van der Waals surface area contributed by atoms with E-state index in [1.165, 1.54) is 5.56 Å². The van der Waals surface area contributed by atoms with Crippen LogP contribution in [0, 0.1) is 0 Å². The van der Waals surface area contributed by atoms with Crippen molar-refractivity contribution in [3.8, 4) is 0 Å². The van der Waals surface area contributed by atoms with Crippen molar-refractivity contribution in [1.29, 1.82) is 0 Å². The summed E-state index contributed by atoms with van der Waals surface area (Å²) >= 11 is 0. The van der Waals surface area contributed by atoms with Crippen molar-refractivity contribution in [2.75, 3.05) is 37.7 Å². The molecule has 0 aliphatic carbocycles. The molecule has 27 heavy (non-hydrogen) atoms. The van der Waals surface area contributed by atoms with Gasteiger partial charge in [0.1, 0.15) is 12.1 Å². The van der Waals surface area contributed by atoms with Crippen molar-refractivity contribution in [2.24, 2.45) is 0 Å². The standard InChI is InChI=1S/C20H21N5O2/c26-20(15-1-2-17-14(11-15)3-5-21-17)25-6-4-16-18(12-25)22-13-23-19(16)24-7-9-27-10-8-24/h1-3,5,11,13,21H,4,6-10,12H2. The van der Waals surface area contributed by atoms with E-state index < -0.39 is 0 Å². The van der Waals surface area contributed by atoms with Crippen LogP contribution in [0.15, 0.2) is 36.8 Å². The van der Waals surface area contributed by atoms with Crippen molar-refractivity contribution in [1.82, 2.24) is 19.9 Å². The van der Waals surface area contributed by atoms with Crippen LogP contribution in [0.5, 0.6) is 0 Å². The summed E-state index contributed by atoms with van der Waals surface area (Å²) < 4.78 is 5.45. The minimum Gasteiger partial charge on any atom is -0.378 e. The fraction of sp³-hybridized carbons (Fsp3) is 0.350. The van der Waals surface area contributed by atoms with Gasteiger partial charge >= 0.3 is 0 Å². The maximum absolute atomic E-state index is 13.0. The molecule has 1 saturated heterocycles. The monoisotopic (exact) mass is 363 g/mol. The summed E-state index contributed by atoms with van der Waals surface area (Å²) in [6, 6.07) is 7.78. The maximum atomic E-state index is 13.0. The Morgan fingerprint density at radius 3 is 2.89 bits per heavy atom. The van der Waals surface area contributed by atoms with Gasteiger partial charge in [0, 0.05) is 47.9 Å². The number of nitrogens with one attached hydrogen (secondary N) is 1. The lowest BCUT2D eigenvalue weighted by atomic mass is 10.0. The highest BCUT2D eigenvalue weighted by Crippen LogP contribution is 2.27. The number of carbonyl (C=O) groups excluding carboxylic acids is 1. The van der Waals surface area contributed by atoms with Gasteiger partial charge in [0.15, 0.2) is 0 Å². The van der Waals surface area contributed by atoms with Crippen molar-refractivity contribution < 1.29 is 9.53 Å². The third-order valence-electron chi connectivity index (χ3n) is 5.38. The zero-order chi connectivity index (χ0) is 18.2. The van der Waals surface area contributed by atoms with Gasteiger partial charge in [-0.2, -0.15) is 0 Å². The van der Waals surface area contributed by atoms with Gasteiger partial charge in [0.2, 0.25) is 0 Å². The molecule has 138 valence electrons. The number of nitrogens with zero attached hydrogens (tertiary/aromatic N) is 4. The molecule has 4 heterocycles. The molecule has 2 aliphatic rings. The van der Waals surface area contributed by atoms with E-state index in [0.717, 1.165) is 55.1 Å². The molecule has 1 aromatic carbocycles. The van der Waals surface area contributed by atoms with Crippen LogP contribution in [-0.2, 0) is 17.7 Å². The Morgan fingerprint density at radius 1 is 1.11 bits per heavy atom. The van der Waals surface area contributed by atoms with Crippen LogP contribution in [-0.4, -0.2) is 58.6 Å². The zero-order valence-electron chi connectivity index (χ0n) is 15.0. The summed E-state index contributed by atoms with van der Waals surface area (Å²) in [5, 5.41) is 1.05. The number of H-pyrrole nitrogens is 1. The third kappa shape index (κ3) is 2.94. The van der Waals surface area contributed by atoms with E-state index >= 15 is 0 Å². The summed E-state index contributed by atoms with van der Waals surface area (Å²) in [5.41, 5.74) is 3.88. The molecule has 0 radical (unpaired) electrons. The number of anilines is 1. The van der Waals surface area contributed by atoms with E-state index in [9.17, 15) is 4.79 Å². The molecule has 3 aromatic rings. The molecule has 1 N–H and O–H groups in total. The first-order chi connectivity index (χ1) is 13.3. The SMILES string of the molecule is O=C(c1ccc2[nH]ccc2c1)N1CCc2c(ncnc2N2CCOCC2)C1. The summed E-state index contributed by atoms with van der Waals surface area (Å²) in [7, 11) is 0. The predicted octanol–water partition coefficient (Wildman–Crippen LogP) is 1.99. The normalized spacial score (nSPS) is 17.2. The lowest BCUT2D eigenvalue weighted by Gasteiger charge is -2.33. The fourth-order valence-corrected chi connectivity index (χ4v) is 3.93. The summed E-state index contributed by atoms with van der Waals surface area (Å²) in [6.07, 6.45) is 4.28. The number of aromatic nitrogens is 3. The van der Waals surface area contributed by atoms with Crippen molar-refractivity contribution >= 4 is 22.6 Å². The van der Waals surface area contributed by atoms with Crippen LogP contribution in [0.25, 0.3) is 10.9 Å². The van der Waals surface area contributed by atoms with E-state index in [1.54, 1.807) is 6.33 Å². The summed E-state index contributed by atoms with van der Waals surface area (Å²) in [6.45, 7) is 4.36. The number of fused-ring (bicyclic) bond motifs is 2. The van der Waals surface area contributed by atoms with E-state index in [1.807, 2.05) is 35.4 Å². The summed E-state index contributed by atoms with van der Waals surface area (Å²) in [4.78, 5) is 29.3. The first-order valence-electron chi connectivity index (χ1n) is 9.31. The Labute approximate surface area is 157 Å². The molecule has 1 amide bonds. The van der Waals surface area contributed by atoms with Gasteiger partial charge in [-0.05, 0) is 30.7 Å². The second kappa shape index (κ2) is 6.66. The first kappa shape index (κ1) is 16.3. The Kier molecular flexibility index (Phi) is 4.01. The lowest BCUT2D eigenvalue weighted by Crippen LogP contribution is -2.40. The van der Waals surface area contributed by atoms with Crippen LogP contribution in [0.3, 0.4) is 0 Å². The van der Waals surface area contributed by atoms with E-state index in [-0.39, 0.29) is 5.91 Å². The first-order valence-corrected chi connectivity index (χ1v) is 9.31. The van der Waals surface area contributed by atoms with E-state index in [4.69, 9.17) is 4.74 Å². The molecule has 7 nitrogen and oxygen atoms in total. The third-order valence-corrected chi connectivity index (χ3v) is 5.38. The van der Waals surface area contributed by atoms with E-state index in [2.05, 4.69) is 19.9 Å². The predicted molar refractivity (Wildman–Crippen MR) is 102 cm³/mol. The largest absolute Gasteiger partial charge is 0.378 e. The molecule has 2 aromatic heterocycles. The second-order valence-electron chi connectivity index (χ2n) is 6.98. The summed E-state index contributed by atoms with van der Waals surface area (Å²) in [5.74, 6) is 1.06. The number of aromatic amines is 1. The maximum Gasteiger partial charge on any atom is 0.254 e. The molecule has 0 spiro atoms. The molecule has 0 atom stereocenters. The van der Waals surface area contributed by atoms with Crippen LogP contribution < -0.4 is 4.90 Å². The molecule has 0 bridgehead atoms. The van der Waals surface area contributed by atoms with Gasteiger partial charge in [-0.15, -0.1) is 0 Å². The quantitative estimate of drug-likeness (QED) is 0.754. The van der Waals surface area contributed by atoms with Gasteiger partial charge < -0.3 is 19.5 Å². The number of ether oxygens (including phenoxy) is 1. The smallest absolute Gasteiger partial charge is 0.254 e. The van der Waals surface area contributed by atoms with Crippen LogP contribution in [0.1, 0.15) is 21.6 Å².